The monoisotopic (exact) mass is 319 g/mol. The maximum atomic E-state index is 5.82. The van der Waals surface area contributed by atoms with E-state index in [1.807, 2.05) is 24.3 Å². The molecule has 2 rings (SSSR count). The summed E-state index contributed by atoms with van der Waals surface area (Å²) in [6, 6.07) is 7.63. The smallest absolute Gasteiger partial charge is 0.211 e. The van der Waals surface area contributed by atoms with Crippen LogP contribution in [0, 0.1) is 0 Å². The van der Waals surface area contributed by atoms with Gasteiger partial charge in [-0.25, -0.2) is 0 Å². The van der Waals surface area contributed by atoms with Crippen LogP contribution in [0.15, 0.2) is 34.5 Å². The van der Waals surface area contributed by atoms with E-state index in [2.05, 4.69) is 29.0 Å². The molecule has 2 unspecified atom stereocenters. The fourth-order valence-corrected chi connectivity index (χ4v) is 2.61. The summed E-state index contributed by atoms with van der Waals surface area (Å²) in [6.07, 6.45) is 2.13. The minimum Gasteiger partial charge on any atom is -0.492 e. The van der Waals surface area contributed by atoms with Crippen molar-refractivity contribution in [3.05, 3.63) is 29.8 Å². The molecule has 1 aliphatic rings. The quantitative estimate of drug-likeness (QED) is 0.459. The molecule has 0 spiro atoms. The van der Waals surface area contributed by atoms with Crippen LogP contribution in [0.5, 0.6) is 5.75 Å². The van der Waals surface area contributed by atoms with Gasteiger partial charge in [-0.1, -0.05) is 12.1 Å². The fourth-order valence-electron chi connectivity index (χ4n) is 2.61. The Hall–Kier alpha value is -2.12. The van der Waals surface area contributed by atoms with Gasteiger partial charge in [-0.3, -0.25) is 4.90 Å². The largest absolute Gasteiger partial charge is 0.492 e. The number of hydrogen-bond donors (Lipinski definition) is 2. The lowest BCUT2D eigenvalue weighted by Gasteiger charge is -2.35. The third-order valence-electron chi connectivity index (χ3n) is 3.41. The van der Waals surface area contributed by atoms with Gasteiger partial charge >= 0.3 is 0 Å². The van der Waals surface area contributed by atoms with Crippen molar-refractivity contribution in [1.82, 2.24) is 4.90 Å². The number of rotatable bonds is 6. The summed E-state index contributed by atoms with van der Waals surface area (Å²) in [5, 5.41) is 7.36. The Labute approximate surface area is 137 Å². The first-order valence-electron chi connectivity index (χ1n) is 7.75. The molecule has 23 heavy (non-hydrogen) atoms. The molecule has 1 aromatic carbocycles. The number of nitrogens with zero attached hydrogens (tertiary/aromatic N) is 3. The molecule has 0 aliphatic carbocycles. The maximum Gasteiger partial charge on any atom is 0.211 e. The third-order valence-corrected chi connectivity index (χ3v) is 3.41. The van der Waals surface area contributed by atoms with Crippen molar-refractivity contribution >= 4 is 12.2 Å². The van der Waals surface area contributed by atoms with Crippen LogP contribution in [0.2, 0.25) is 0 Å². The Morgan fingerprint density at radius 1 is 1.35 bits per heavy atom. The molecule has 126 valence electrons. The van der Waals surface area contributed by atoms with Crippen LogP contribution in [0.3, 0.4) is 0 Å². The van der Waals surface area contributed by atoms with Crippen molar-refractivity contribution in [1.29, 1.82) is 0 Å². The molecule has 7 heteroatoms. The summed E-state index contributed by atoms with van der Waals surface area (Å²) >= 11 is 0. The Morgan fingerprint density at radius 2 is 2.09 bits per heavy atom. The van der Waals surface area contributed by atoms with Gasteiger partial charge < -0.3 is 20.9 Å². The molecule has 0 saturated carbocycles. The minimum atomic E-state index is -0.0670. The van der Waals surface area contributed by atoms with E-state index in [0.29, 0.717) is 6.61 Å². The number of nitrogens with two attached hydrogens (primary N) is 2. The van der Waals surface area contributed by atoms with Gasteiger partial charge in [0.1, 0.15) is 12.4 Å². The number of ether oxygens (including phenoxy) is 2. The number of guanidine groups is 1. The second-order valence-corrected chi connectivity index (χ2v) is 5.71. The third kappa shape index (κ3) is 6.25. The molecule has 1 saturated heterocycles. The lowest BCUT2D eigenvalue weighted by molar-refractivity contribution is -0.0699. The standard InChI is InChI=1S/C16H25N5O2/c1-12-10-21(11-13(2)23-12)6-7-22-15-5-3-4-14(8-15)9-19-20-16(17)18/h3-5,8-9,12-13H,6-7,10-11H2,1-2H3,(H4,17,18,20). The van der Waals surface area contributed by atoms with Crippen LogP contribution in [-0.4, -0.2) is 55.5 Å². The SMILES string of the molecule is CC1CN(CCOc2cccc(C=NN=C(N)N)c2)CC(C)O1. The highest BCUT2D eigenvalue weighted by atomic mass is 16.5. The number of hydrogen-bond acceptors (Lipinski definition) is 5. The summed E-state index contributed by atoms with van der Waals surface area (Å²) in [5.74, 6) is 0.732. The highest BCUT2D eigenvalue weighted by molar-refractivity contribution is 5.81. The van der Waals surface area contributed by atoms with Gasteiger partial charge in [-0.15, -0.1) is 5.10 Å². The van der Waals surface area contributed by atoms with E-state index in [1.54, 1.807) is 6.21 Å². The zero-order valence-electron chi connectivity index (χ0n) is 13.7. The average Bonchev–Trinajstić information content (AvgIpc) is 2.46. The first-order chi connectivity index (χ1) is 11.0. The first kappa shape index (κ1) is 17.2. The van der Waals surface area contributed by atoms with Crippen molar-refractivity contribution in [3.63, 3.8) is 0 Å². The molecule has 0 amide bonds. The van der Waals surface area contributed by atoms with Crippen molar-refractivity contribution in [2.45, 2.75) is 26.1 Å². The van der Waals surface area contributed by atoms with E-state index in [9.17, 15) is 0 Å². The van der Waals surface area contributed by atoms with Crippen LogP contribution in [-0.2, 0) is 4.74 Å². The highest BCUT2D eigenvalue weighted by Gasteiger charge is 2.21. The van der Waals surface area contributed by atoms with Gasteiger partial charge in [0.2, 0.25) is 5.96 Å². The molecule has 4 N–H and O–H groups in total. The van der Waals surface area contributed by atoms with Crippen LogP contribution < -0.4 is 16.2 Å². The van der Waals surface area contributed by atoms with Gasteiger partial charge in [0.05, 0.1) is 18.4 Å². The topological polar surface area (TPSA) is 98.5 Å². The molecule has 0 bridgehead atoms. The Balaban J connectivity index is 1.81. The molecule has 1 aliphatic heterocycles. The van der Waals surface area contributed by atoms with Crippen LogP contribution >= 0.6 is 0 Å². The molecule has 1 heterocycles. The zero-order valence-corrected chi connectivity index (χ0v) is 13.7. The lowest BCUT2D eigenvalue weighted by Crippen LogP contribution is -2.46. The summed E-state index contributed by atoms with van der Waals surface area (Å²) in [5.41, 5.74) is 11.3. The summed E-state index contributed by atoms with van der Waals surface area (Å²) in [7, 11) is 0. The summed E-state index contributed by atoms with van der Waals surface area (Å²) < 4.78 is 11.5. The fraction of sp³-hybridized carbons (Fsp3) is 0.500. The summed E-state index contributed by atoms with van der Waals surface area (Å²) in [4.78, 5) is 2.36. The highest BCUT2D eigenvalue weighted by Crippen LogP contribution is 2.13. The molecule has 0 aromatic heterocycles. The van der Waals surface area contributed by atoms with E-state index in [4.69, 9.17) is 20.9 Å². The van der Waals surface area contributed by atoms with Crippen molar-refractivity contribution in [2.24, 2.45) is 21.7 Å². The molecular weight excluding hydrogens is 294 g/mol. The van der Waals surface area contributed by atoms with Gasteiger partial charge in [0, 0.05) is 19.6 Å². The maximum absolute atomic E-state index is 5.82. The van der Waals surface area contributed by atoms with Gasteiger partial charge in [0.15, 0.2) is 0 Å². The lowest BCUT2D eigenvalue weighted by atomic mass is 10.2. The minimum absolute atomic E-state index is 0.0670. The Bertz CT molecular complexity index is 547. The normalized spacial score (nSPS) is 22.2. The zero-order chi connectivity index (χ0) is 16.7. The molecule has 2 atom stereocenters. The van der Waals surface area contributed by atoms with E-state index in [0.717, 1.165) is 30.9 Å². The van der Waals surface area contributed by atoms with E-state index >= 15 is 0 Å². The number of morpholine rings is 1. The van der Waals surface area contributed by atoms with Crippen molar-refractivity contribution in [3.8, 4) is 5.75 Å². The summed E-state index contributed by atoms with van der Waals surface area (Å²) in [6.45, 7) is 7.60. The second kappa shape index (κ2) is 8.50. The molecule has 1 fully saturated rings. The van der Waals surface area contributed by atoms with E-state index < -0.39 is 0 Å². The second-order valence-electron chi connectivity index (χ2n) is 5.71. The predicted octanol–water partition coefficient (Wildman–Crippen LogP) is 0.782. The average molecular weight is 319 g/mol. The Morgan fingerprint density at radius 3 is 2.78 bits per heavy atom. The van der Waals surface area contributed by atoms with Crippen molar-refractivity contribution in [2.75, 3.05) is 26.2 Å². The molecule has 0 radical (unpaired) electrons. The van der Waals surface area contributed by atoms with Crippen LogP contribution in [0.1, 0.15) is 19.4 Å². The van der Waals surface area contributed by atoms with Gasteiger partial charge in [-0.05, 0) is 31.5 Å². The Kier molecular flexibility index (Phi) is 6.37. The molecule has 7 nitrogen and oxygen atoms in total. The van der Waals surface area contributed by atoms with Crippen LogP contribution in [0.4, 0.5) is 0 Å². The van der Waals surface area contributed by atoms with Crippen molar-refractivity contribution < 1.29 is 9.47 Å². The molecule has 1 aromatic rings. The van der Waals surface area contributed by atoms with E-state index in [-0.39, 0.29) is 18.2 Å². The van der Waals surface area contributed by atoms with Gasteiger partial charge in [-0.2, -0.15) is 5.10 Å². The number of benzene rings is 1. The van der Waals surface area contributed by atoms with Gasteiger partial charge in [0.25, 0.3) is 0 Å². The first-order valence-corrected chi connectivity index (χ1v) is 7.75. The predicted molar refractivity (Wildman–Crippen MR) is 91.8 cm³/mol. The van der Waals surface area contributed by atoms with Crippen LogP contribution in [0.25, 0.3) is 0 Å². The van der Waals surface area contributed by atoms with E-state index in [1.165, 1.54) is 0 Å². The molecular formula is C16H25N5O2.